The molecule has 124 valence electrons. The van der Waals surface area contributed by atoms with Gasteiger partial charge in [0, 0.05) is 11.4 Å². The molecule has 0 aromatic carbocycles. The topological polar surface area (TPSA) is 88.9 Å². The van der Waals surface area contributed by atoms with Gasteiger partial charge in [-0.1, -0.05) is 6.07 Å². The molecule has 2 N–H and O–H groups in total. The van der Waals surface area contributed by atoms with E-state index in [-0.39, 0.29) is 11.9 Å². The van der Waals surface area contributed by atoms with E-state index in [1.807, 2.05) is 18.5 Å². The van der Waals surface area contributed by atoms with E-state index in [9.17, 15) is 9.59 Å². The summed E-state index contributed by atoms with van der Waals surface area (Å²) in [6.07, 6.45) is 1.68. The Kier molecular flexibility index (Phi) is 4.30. The first-order chi connectivity index (χ1) is 11.5. The lowest BCUT2D eigenvalue weighted by molar-refractivity contribution is 0.0848. The van der Waals surface area contributed by atoms with Crippen LogP contribution in [0.2, 0.25) is 0 Å². The molecule has 24 heavy (non-hydrogen) atoms. The van der Waals surface area contributed by atoms with Crippen molar-refractivity contribution in [1.82, 2.24) is 25.6 Å². The molecule has 0 spiro atoms. The minimum absolute atomic E-state index is 0.180. The van der Waals surface area contributed by atoms with Crippen LogP contribution in [0.1, 0.15) is 45.6 Å². The van der Waals surface area contributed by atoms with Crippen molar-refractivity contribution in [3.8, 4) is 0 Å². The van der Waals surface area contributed by atoms with E-state index in [0.717, 1.165) is 11.0 Å². The van der Waals surface area contributed by atoms with Crippen LogP contribution in [0.15, 0.2) is 29.8 Å². The standard InChI is InChI=1S/C16H17N5O2S/c1-9(2)21-14-11(8-17-21)7-12(10(3)18-14)15(22)19-20-16(23)13-5-4-6-24-13/h4-9H,1-3H3,(H,19,22)(H,20,23). The number of rotatable bonds is 3. The lowest BCUT2D eigenvalue weighted by atomic mass is 10.1. The summed E-state index contributed by atoms with van der Waals surface area (Å²) in [5.41, 5.74) is 6.54. The smallest absolute Gasteiger partial charge is 0.267 e. The number of carbonyl (C=O) groups is 2. The SMILES string of the molecule is Cc1nc2c(cnn2C(C)C)cc1C(=O)NNC(=O)c1cccs1. The van der Waals surface area contributed by atoms with Crippen LogP contribution in [0, 0.1) is 6.92 Å². The first-order valence-corrected chi connectivity index (χ1v) is 8.34. The first kappa shape index (κ1) is 16.1. The van der Waals surface area contributed by atoms with E-state index in [2.05, 4.69) is 20.9 Å². The normalized spacial score (nSPS) is 11.0. The molecule has 3 aromatic rings. The fourth-order valence-corrected chi connectivity index (χ4v) is 2.94. The third kappa shape index (κ3) is 3.00. The Balaban J connectivity index is 1.80. The van der Waals surface area contributed by atoms with Crippen LogP contribution in [0.4, 0.5) is 0 Å². The van der Waals surface area contributed by atoms with E-state index in [1.165, 1.54) is 11.3 Å². The number of fused-ring (bicyclic) bond motifs is 1. The van der Waals surface area contributed by atoms with Gasteiger partial charge in [-0.15, -0.1) is 11.3 Å². The fourth-order valence-electron chi connectivity index (χ4n) is 2.32. The molecule has 3 aromatic heterocycles. The average Bonchev–Trinajstić information content (AvgIpc) is 3.20. The molecule has 0 aliphatic carbocycles. The molecule has 7 nitrogen and oxygen atoms in total. The lowest BCUT2D eigenvalue weighted by Gasteiger charge is -2.10. The fraction of sp³-hybridized carbons (Fsp3) is 0.250. The van der Waals surface area contributed by atoms with Crippen molar-refractivity contribution in [2.75, 3.05) is 0 Å². The second-order valence-electron chi connectivity index (χ2n) is 5.60. The van der Waals surface area contributed by atoms with Crippen LogP contribution < -0.4 is 10.9 Å². The van der Waals surface area contributed by atoms with E-state index >= 15 is 0 Å². The zero-order valence-corrected chi connectivity index (χ0v) is 14.3. The number of aromatic nitrogens is 3. The number of thiophene rings is 1. The van der Waals surface area contributed by atoms with Crippen molar-refractivity contribution in [3.63, 3.8) is 0 Å². The number of hydrazine groups is 1. The Morgan fingerprint density at radius 3 is 2.67 bits per heavy atom. The van der Waals surface area contributed by atoms with Gasteiger partial charge in [0.15, 0.2) is 5.65 Å². The maximum absolute atomic E-state index is 12.3. The zero-order valence-electron chi connectivity index (χ0n) is 13.5. The quantitative estimate of drug-likeness (QED) is 0.715. The van der Waals surface area contributed by atoms with Crippen molar-refractivity contribution in [2.24, 2.45) is 0 Å². The Hall–Kier alpha value is -2.74. The van der Waals surface area contributed by atoms with Crippen molar-refractivity contribution in [3.05, 3.63) is 45.9 Å². The number of aryl methyl sites for hydroxylation is 1. The number of nitrogens with zero attached hydrogens (tertiary/aromatic N) is 3. The molecule has 0 saturated carbocycles. The third-order valence-electron chi connectivity index (χ3n) is 3.53. The summed E-state index contributed by atoms with van der Waals surface area (Å²) in [6, 6.07) is 5.37. The molecule has 0 aliphatic rings. The third-order valence-corrected chi connectivity index (χ3v) is 4.40. The van der Waals surface area contributed by atoms with Crippen LogP contribution in [0.25, 0.3) is 11.0 Å². The van der Waals surface area contributed by atoms with E-state index in [4.69, 9.17) is 0 Å². The molecule has 3 heterocycles. The van der Waals surface area contributed by atoms with E-state index < -0.39 is 5.91 Å². The van der Waals surface area contributed by atoms with Crippen molar-refractivity contribution in [2.45, 2.75) is 26.8 Å². The minimum Gasteiger partial charge on any atom is -0.267 e. The van der Waals surface area contributed by atoms with Gasteiger partial charge in [0.2, 0.25) is 0 Å². The summed E-state index contributed by atoms with van der Waals surface area (Å²) in [5, 5.41) is 6.88. The molecule has 2 amide bonds. The molecule has 8 heteroatoms. The zero-order chi connectivity index (χ0) is 17.3. The number of hydrogen-bond donors (Lipinski definition) is 2. The summed E-state index contributed by atoms with van der Waals surface area (Å²) in [5.74, 6) is -0.762. The van der Waals surface area contributed by atoms with Crippen LogP contribution in [0.3, 0.4) is 0 Å². The van der Waals surface area contributed by atoms with Crippen LogP contribution in [0.5, 0.6) is 0 Å². The highest BCUT2D eigenvalue weighted by Crippen LogP contribution is 2.19. The molecule has 0 unspecified atom stereocenters. The summed E-state index contributed by atoms with van der Waals surface area (Å²) >= 11 is 1.30. The van der Waals surface area contributed by atoms with Crippen molar-refractivity contribution >= 4 is 34.2 Å². The van der Waals surface area contributed by atoms with Gasteiger partial charge in [0.05, 0.1) is 22.3 Å². The Labute approximate surface area is 142 Å². The van der Waals surface area contributed by atoms with Gasteiger partial charge < -0.3 is 0 Å². The van der Waals surface area contributed by atoms with E-state index in [1.54, 1.807) is 36.7 Å². The van der Waals surface area contributed by atoms with Crippen LogP contribution >= 0.6 is 11.3 Å². The minimum atomic E-state index is -0.413. The highest BCUT2D eigenvalue weighted by Gasteiger charge is 2.16. The van der Waals surface area contributed by atoms with Gasteiger partial charge in [-0.05, 0) is 38.3 Å². The van der Waals surface area contributed by atoms with Gasteiger partial charge >= 0.3 is 0 Å². The number of carbonyl (C=O) groups excluding carboxylic acids is 2. The first-order valence-electron chi connectivity index (χ1n) is 7.46. The molecule has 3 rings (SSSR count). The monoisotopic (exact) mass is 343 g/mol. The Morgan fingerprint density at radius 2 is 2.00 bits per heavy atom. The summed E-state index contributed by atoms with van der Waals surface area (Å²) in [4.78, 5) is 29.2. The lowest BCUT2D eigenvalue weighted by Crippen LogP contribution is -2.41. The molecule has 0 aliphatic heterocycles. The average molecular weight is 343 g/mol. The predicted octanol–water partition coefficient (Wildman–Crippen LogP) is 2.46. The Bertz CT molecular complexity index is 899. The highest BCUT2D eigenvalue weighted by molar-refractivity contribution is 7.12. The number of hydrogen-bond acceptors (Lipinski definition) is 5. The number of pyridine rings is 1. The van der Waals surface area contributed by atoms with Gasteiger partial charge in [0.25, 0.3) is 11.8 Å². The summed E-state index contributed by atoms with van der Waals surface area (Å²) in [7, 11) is 0. The molecule has 0 atom stereocenters. The second-order valence-corrected chi connectivity index (χ2v) is 6.55. The van der Waals surface area contributed by atoms with Gasteiger partial charge in [0.1, 0.15) is 0 Å². The molecule has 0 bridgehead atoms. The van der Waals surface area contributed by atoms with E-state index in [0.29, 0.717) is 16.1 Å². The summed E-state index contributed by atoms with van der Waals surface area (Å²) in [6.45, 7) is 5.79. The molecular weight excluding hydrogens is 326 g/mol. The maximum atomic E-state index is 12.3. The van der Waals surface area contributed by atoms with Gasteiger partial charge in [-0.3, -0.25) is 20.4 Å². The van der Waals surface area contributed by atoms with Crippen molar-refractivity contribution in [1.29, 1.82) is 0 Å². The largest absolute Gasteiger partial charge is 0.279 e. The van der Waals surface area contributed by atoms with Gasteiger partial charge in [-0.25, -0.2) is 9.67 Å². The molecule has 0 saturated heterocycles. The summed E-state index contributed by atoms with van der Waals surface area (Å²) < 4.78 is 1.81. The second kappa shape index (κ2) is 6.40. The molecular formula is C16H17N5O2S. The van der Waals surface area contributed by atoms with Gasteiger partial charge in [-0.2, -0.15) is 5.10 Å². The van der Waals surface area contributed by atoms with Crippen LogP contribution in [-0.2, 0) is 0 Å². The maximum Gasteiger partial charge on any atom is 0.279 e. The molecule has 0 radical (unpaired) electrons. The molecule has 0 fully saturated rings. The van der Waals surface area contributed by atoms with Crippen LogP contribution in [-0.4, -0.2) is 26.6 Å². The highest BCUT2D eigenvalue weighted by atomic mass is 32.1. The predicted molar refractivity (Wildman–Crippen MR) is 91.9 cm³/mol. The number of amides is 2. The van der Waals surface area contributed by atoms with Crippen molar-refractivity contribution < 1.29 is 9.59 Å². The Morgan fingerprint density at radius 1 is 1.25 bits per heavy atom. The number of nitrogens with one attached hydrogen (secondary N) is 2.